The SMILES string of the molecule is CC(C)(C)OC(=O)n1cc(C2(C#N)CC2)c2ccccc21. The van der Waals surface area contributed by atoms with Crippen molar-refractivity contribution in [3.8, 4) is 6.07 Å². The second-order valence-electron chi connectivity index (χ2n) is 6.60. The number of nitrogens with zero attached hydrogens (tertiary/aromatic N) is 2. The average molecular weight is 282 g/mol. The van der Waals surface area contributed by atoms with Gasteiger partial charge in [-0.1, -0.05) is 18.2 Å². The molecule has 2 aromatic rings. The fourth-order valence-electron chi connectivity index (χ4n) is 2.59. The number of rotatable bonds is 1. The summed E-state index contributed by atoms with van der Waals surface area (Å²) in [4.78, 5) is 12.4. The van der Waals surface area contributed by atoms with Crippen LogP contribution >= 0.6 is 0 Å². The van der Waals surface area contributed by atoms with Gasteiger partial charge in [0.25, 0.3) is 0 Å². The van der Waals surface area contributed by atoms with Crippen molar-refractivity contribution in [1.82, 2.24) is 4.57 Å². The van der Waals surface area contributed by atoms with Crippen LogP contribution in [0.3, 0.4) is 0 Å². The van der Waals surface area contributed by atoms with Gasteiger partial charge in [-0.15, -0.1) is 0 Å². The topological polar surface area (TPSA) is 55.0 Å². The second-order valence-corrected chi connectivity index (χ2v) is 6.60. The summed E-state index contributed by atoms with van der Waals surface area (Å²) >= 11 is 0. The number of hydrogen-bond donors (Lipinski definition) is 0. The van der Waals surface area contributed by atoms with E-state index in [1.165, 1.54) is 4.57 Å². The third kappa shape index (κ3) is 2.29. The van der Waals surface area contributed by atoms with Gasteiger partial charge in [0.2, 0.25) is 0 Å². The van der Waals surface area contributed by atoms with Crippen molar-refractivity contribution in [2.45, 2.75) is 44.6 Å². The first-order valence-electron chi connectivity index (χ1n) is 7.11. The lowest BCUT2D eigenvalue weighted by Crippen LogP contribution is -2.26. The highest BCUT2D eigenvalue weighted by Gasteiger charge is 2.47. The number of benzene rings is 1. The molecule has 3 rings (SSSR count). The number of nitriles is 1. The molecule has 0 atom stereocenters. The molecule has 4 heteroatoms. The molecule has 21 heavy (non-hydrogen) atoms. The minimum atomic E-state index is -0.547. The zero-order valence-corrected chi connectivity index (χ0v) is 12.5. The van der Waals surface area contributed by atoms with Gasteiger partial charge in [-0.3, -0.25) is 4.57 Å². The molecule has 1 saturated carbocycles. The molecule has 108 valence electrons. The predicted molar refractivity (Wildman–Crippen MR) is 80.1 cm³/mol. The molecular weight excluding hydrogens is 264 g/mol. The fraction of sp³-hybridized carbons (Fsp3) is 0.412. The van der Waals surface area contributed by atoms with Crippen molar-refractivity contribution < 1.29 is 9.53 Å². The highest BCUT2D eigenvalue weighted by molar-refractivity contribution is 5.93. The summed E-state index contributed by atoms with van der Waals surface area (Å²) in [6, 6.07) is 10.1. The summed E-state index contributed by atoms with van der Waals surface area (Å²) < 4.78 is 6.97. The number of para-hydroxylation sites is 1. The van der Waals surface area contributed by atoms with Gasteiger partial charge in [0.15, 0.2) is 0 Å². The molecule has 0 unspecified atom stereocenters. The van der Waals surface area contributed by atoms with Crippen molar-refractivity contribution in [2.24, 2.45) is 0 Å². The Morgan fingerprint density at radius 3 is 2.57 bits per heavy atom. The van der Waals surface area contributed by atoms with E-state index in [2.05, 4.69) is 6.07 Å². The summed E-state index contributed by atoms with van der Waals surface area (Å²) in [7, 11) is 0. The van der Waals surface area contributed by atoms with Gasteiger partial charge in [-0.05, 0) is 45.2 Å². The first-order chi connectivity index (χ1) is 9.86. The van der Waals surface area contributed by atoms with E-state index in [-0.39, 0.29) is 0 Å². The van der Waals surface area contributed by atoms with Gasteiger partial charge in [0.05, 0.1) is 17.0 Å². The van der Waals surface area contributed by atoms with E-state index in [9.17, 15) is 10.1 Å². The predicted octanol–water partition coefficient (Wildman–Crippen LogP) is 3.98. The van der Waals surface area contributed by atoms with Crippen molar-refractivity contribution in [3.63, 3.8) is 0 Å². The van der Waals surface area contributed by atoms with Crippen LogP contribution in [-0.4, -0.2) is 16.3 Å². The normalized spacial score (nSPS) is 16.5. The van der Waals surface area contributed by atoms with Gasteiger partial charge < -0.3 is 4.74 Å². The van der Waals surface area contributed by atoms with Gasteiger partial charge in [-0.2, -0.15) is 5.26 Å². The zero-order chi connectivity index (χ0) is 15.3. The number of fused-ring (bicyclic) bond motifs is 1. The third-order valence-corrected chi connectivity index (χ3v) is 3.78. The van der Waals surface area contributed by atoms with Gasteiger partial charge in [0.1, 0.15) is 5.60 Å². The maximum absolute atomic E-state index is 12.4. The number of carbonyl (C=O) groups excluding carboxylic acids is 1. The van der Waals surface area contributed by atoms with Crippen LogP contribution in [0.2, 0.25) is 0 Å². The smallest absolute Gasteiger partial charge is 0.419 e. The summed E-state index contributed by atoms with van der Waals surface area (Å²) in [6.07, 6.45) is 3.07. The Morgan fingerprint density at radius 2 is 2.00 bits per heavy atom. The lowest BCUT2D eigenvalue weighted by atomic mass is 9.97. The molecular formula is C17H18N2O2. The van der Waals surface area contributed by atoms with Crippen LogP contribution in [0.4, 0.5) is 4.79 Å². The Labute approximate surface area is 123 Å². The summed E-state index contributed by atoms with van der Waals surface area (Å²) in [5.74, 6) is 0. The van der Waals surface area contributed by atoms with Crippen LogP contribution in [0.25, 0.3) is 10.9 Å². The summed E-state index contributed by atoms with van der Waals surface area (Å²) in [5.41, 5.74) is 0.761. The highest BCUT2D eigenvalue weighted by atomic mass is 16.6. The van der Waals surface area contributed by atoms with Crippen molar-refractivity contribution in [3.05, 3.63) is 36.0 Å². The molecule has 0 N–H and O–H groups in total. The minimum absolute atomic E-state index is 0.404. The van der Waals surface area contributed by atoms with Crippen LogP contribution in [-0.2, 0) is 10.2 Å². The maximum atomic E-state index is 12.4. The Balaban J connectivity index is 2.13. The van der Waals surface area contributed by atoms with Crippen LogP contribution in [0, 0.1) is 11.3 Å². The third-order valence-electron chi connectivity index (χ3n) is 3.78. The quantitative estimate of drug-likeness (QED) is 0.795. The molecule has 0 saturated heterocycles. The lowest BCUT2D eigenvalue weighted by molar-refractivity contribution is 0.0544. The molecule has 0 bridgehead atoms. The molecule has 0 radical (unpaired) electrons. The van der Waals surface area contributed by atoms with Crippen LogP contribution in [0.5, 0.6) is 0 Å². The first-order valence-corrected chi connectivity index (χ1v) is 7.11. The Bertz CT molecular complexity index is 755. The molecule has 4 nitrogen and oxygen atoms in total. The molecule has 0 spiro atoms. The average Bonchev–Trinajstić information content (AvgIpc) is 3.11. The van der Waals surface area contributed by atoms with E-state index in [1.807, 2.05) is 45.0 Å². The Hall–Kier alpha value is -2.28. The van der Waals surface area contributed by atoms with Gasteiger partial charge in [-0.25, -0.2) is 4.79 Å². The highest BCUT2D eigenvalue weighted by Crippen LogP contribution is 2.50. The molecule has 1 aliphatic rings. The van der Waals surface area contributed by atoms with E-state index in [4.69, 9.17) is 4.74 Å². The Kier molecular flexibility index (Phi) is 2.84. The minimum Gasteiger partial charge on any atom is -0.443 e. The Morgan fingerprint density at radius 1 is 1.33 bits per heavy atom. The fourth-order valence-corrected chi connectivity index (χ4v) is 2.59. The molecule has 1 fully saturated rings. The van der Waals surface area contributed by atoms with Crippen molar-refractivity contribution in [1.29, 1.82) is 5.26 Å². The van der Waals surface area contributed by atoms with Gasteiger partial charge >= 0.3 is 6.09 Å². The summed E-state index contributed by atoms with van der Waals surface area (Å²) in [6.45, 7) is 5.53. The molecule has 0 aliphatic heterocycles. The van der Waals surface area contributed by atoms with Crippen LogP contribution in [0.1, 0.15) is 39.2 Å². The van der Waals surface area contributed by atoms with E-state index >= 15 is 0 Å². The van der Waals surface area contributed by atoms with E-state index in [0.717, 1.165) is 29.3 Å². The lowest BCUT2D eigenvalue weighted by Gasteiger charge is -2.19. The van der Waals surface area contributed by atoms with Crippen LogP contribution < -0.4 is 0 Å². The van der Waals surface area contributed by atoms with Crippen molar-refractivity contribution in [2.75, 3.05) is 0 Å². The number of hydrogen-bond acceptors (Lipinski definition) is 3. The zero-order valence-electron chi connectivity index (χ0n) is 12.5. The molecule has 1 aromatic carbocycles. The molecule has 1 aliphatic carbocycles. The number of ether oxygens (including phenoxy) is 1. The first kappa shape index (κ1) is 13.7. The monoisotopic (exact) mass is 282 g/mol. The standard InChI is InChI=1S/C17H18N2O2/c1-16(2,3)21-15(20)19-10-13(17(11-18)8-9-17)12-6-4-5-7-14(12)19/h4-7,10H,8-9H2,1-3H3. The van der Waals surface area contributed by atoms with Crippen LogP contribution in [0.15, 0.2) is 30.5 Å². The summed E-state index contributed by atoms with van der Waals surface area (Å²) in [5, 5.41) is 10.4. The molecule has 1 heterocycles. The largest absolute Gasteiger partial charge is 0.443 e. The van der Waals surface area contributed by atoms with Gasteiger partial charge in [0, 0.05) is 11.6 Å². The van der Waals surface area contributed by atoms with E-state index in [0.29, 0.717) is 0 Å². The van der Waals surface area contributed by atoms with Crippen molar-refractivity contribution >= 4 is 17.0 Å². The number of aromatic nitrogens is 1. The molecule has 1 aromatic heterocycles. The maximum Gasteiger partial charge on any atom is 0.419 e. The molecule has 0 amide bonds. The van der Waals surface area contributed by atoms with E-state index in [1.54, 1.807) is 6.20 Å². The second kappa shape index (κ2) is 4.36. The number of carbonyl (C=O) groups is 1. The van der Waals surface area contributed by atoms with E-state index < -0.39 is 17.1 Å².